The van der Waals surface area contributed by atoms with Crippen LogP contribution < -0.4 is 5.32 Å². The summed E-state index contributed by atoms with van der Waals surface area (Å²) in [7, 11) is -3.00. The third-order valence-corrected chi connectivity index (χ3v) is 7.28. The Labute approximate surface area is 136 Å². The van der Waals surface area contributed by atoms with Crippen LogP contribution in [-0.4, -0.2) is 37.1 Å². The standard InChI is InChI=1S/C16H21NO3S2/c1-16(7-8-22(19,20)11-16)17-15(18)10-21-14-6-5-12-3-2-4-13(12)9-14/h5-6,9H,2-4,7-8,10-11H2,1H3,(H,17,18)/t16-/m0/s1. The van der Waals surface area contributed by atoms with Crippen molar-refractivity contribution < 1.29 is 13.2 Å². The van der Waals surface area contributed by atoms with E-state index in [2.05, 4.69) is 23.5 Å². The first-order valence-corrected chi connectivity index (χ1v) is 10.4. The first kappa shape index (κ1) is 15.9. The van der Waals surface area contributed by atoms with E-state index in [0.29, 0.717) is 12.2 Å². The summed E-state index contributed by atoms with van der Waals surface area (Å²) in [6.45, 7) is 1.81. The van der Waals surface area contributed by atoms with Crippen LogP contribution in [-0.2, 0) is 27.5 Å². The number of fused-ring (bicyclic) bond motifs is 1. The Kier molecular flexibility index (Phi) is 4.25. The smallest absolute Gasteiger partial charge is 0.230 e. The van der Waals surface area contributed by atoms with E-state index in [-0.39, 0.29) is 17.4 Å². The van der Waals surface area contributed by atoms with Crippen molar-refractivity contribution in [1.82, 2.24) is 5.32 Å². The predicted octanol–water partition coefficient (Wildman–Crippen LogP) is 1.96. The van der Waals surface area contributed by atoms with Gasteiger partial charge in [0.05, 0.1) is 22.8 Å². The molecule has 120 valence electrons. The fraction of sp³-hybridized carbons (Fsp3) is 0.562. The van der Waals surface area contributed by atoms with Gasteiger partial charge in [-0.25, -0.2) is 8.42 Å². The van der Waals surface area contributed by atoms with Crippen LogP contribution in [0.5, 0.6) is 0 Å². The Morgan fingerprint density at radius 2 is 2.09 bits per heavy atom. The summed E-state index contributed by atoms with van der Waals surface area (Å²) in [5.41, 5.74) is 2.23. The summed E-state index contributed by atoms with van der Waals surface area (Å²) in [5, 5.41) is 2.89. The van der Waals surface area contributed by atoms with Crippen LogP contribution in [0.1, 0.15) is 30.9 Å². The highest BCUT2D eigenvalue weighted by Crippen LogP contribution is 2.28. The molecule has 2 aliphatic rings. The maximum atomic E-state index is 12.1. The van der Waals surface area contributed by atoms with Crippen molar-refractivity contribution in [3.8, 4) is 0 Å². The van der Waals surface area contributed by atoms with Crippen molar-refractivity contribution in [1.29, 1.82) is 0 Å². The number of hydrogen-bond donors (Lipinski definition) is 1. The number of sulfone groups is 1. The van der Waals surface area contributed by atoms with Crippen molar-refractivity contribution in [3.05, 3.63) is 29.3 Å². The Balaban J connectivity index is 1.54. The summed E-state index contributed by atoms with van der Waals surface area (Å²) in [5.74, 6) is 0.455. The van der Waals surface area contributed by atoms with E-state index < -0.39 is 15.4 Å². The zero-order chi connectivity index (χ0) is 15.8. The minimum absolute atomic E-state index is 0.0508. The van der Waals surface area contributed by atoms with Gasteiger partial charge < -0.3 is 5.32 Å². The fourth-order valence-electron chi connectivity index (χ4n) is 3.27. The molecule has 1 aromatic rings. The zero-order valence-electron chi connectivity index (χ0n) is 12.7. The van der Waals surface area contributed by atoms with Gasteiger partial charge in [0.2, 0.25) is 5.91 Å². The van der Waals surface area contributed by atoms with Crippen molar-refractivity contribution >= 4 is 27.5 Å². The molecule has 6 heteroatoms. The fourth-order valence-corrected chi connectivity index (χ4v) is 6.12. The number of rotatable bonds is 4. The molecule has 22 heavy (non-hydrogen) atoms. The number of carbonyl (C=O) groups is 1. The molecule has 1 aromatic carbocycles. The normalized spacial score (nSPS) is 25.9. The van der Waals surface area contributed by atoms with Gasteiger partial charge in [0.1, 0.15) is 0 Å². The molecule has 1 atom stereocenters. The van der Waals surface area contributed by atoms with E-state index in [9.17, 15) is 13.2 Å². The highest BCUT2D eigenvalue weighted by molar-refractivity contribution is 8.00. The summed E-state index contributed by atoms with van der Waals surface area (Å²) in [6, 6.07) is 6.42. The molecule has 1 aliphatic carbocycles. The SMILES string of the molecule is C[C@]1(NC(=O)CSc2ccc3c(c2)CCC3)CCS(=O)(=O)C1. The van der Waals surface area contributed by atoms with Crippen LogP contribution in [0.2, 0.25) is 0 Å². The lowest BCUT2D eigenvalue weighted by atomic mass is 10.0. The van der Waals surface area contributed by atoms with Gasteiger partial charge in [0, 0.05) is 4.90 Å². The maximum Gasteiger partial charge on any atom is 0.230 e. The van der Waals surface area contributed by atoms with E-state index in [4.69, 9.17) is 0 Å². The Morgan fingerprint density at radius 1 is 1.32 bits per heavy atom. The molecule has 1 aliphatic heterocycles. The Bertz CT molecular complexity index is 699. The topological polar surface area (TPSA) is 63.2 Å². The largest absolute Gasteiger partial charge is 0.349 e. The molecular weight excluding hydrogens is 318 g/mol. The molecule has 1 fully saturated rings. The average molecular weight is 339 g/mol. The minimum Gasteiger partial charge on any atom is -0.349 e. The number of amides is 1. The molecule has 1 saturated heterocycles. The summed E-state index contributed by atoms with van der Waals surface area (Å²) >= 11 is 1.52. The van der Waals surface area contributed by atoms with E-state index in [1.54, 1.807) is 0 Å². The predicted molar refractivity (Wildman–Crippen MR) is 89.0 cm³/mol. The quantitative estimate of drug-likeness (QED) is 0.852. The molecular formula is C16H21NO3S2. The highest BCUT2D eigenvalue weighted by Gasteiger charge is 2.39. The number of benzene rings is 1. The van der Waals surface area contributed by atoms with Crippen molar-refractivity contribution in [2.24, 2.45) is 0 Å². The molecule has 0 radical (unpaired) electrons. The monoisotopic (exact) mass is 339 g/mol. The Morgan fingerprint density at radius 3 is 2.82 bits per heavy atom. The van der Waals surface area contributed by atoms with Crippen molar-refractivity contribution in [2.45, 2.75) is 43.0 Å². The second kappa shape index (κ2) is 5.89. The second-order valence-electron chi connectivity index (χ2n) is 6.52. The molecule has 1 N–H and O–H groups in total. The van der Waals surface area contributed by atoms with Gasteiger partial charge in [-0.05, 0) is 55.9 Å². The number of aryl methyl sites for hydroxylation is 2. The highest BCUT2D eigenvalue weighted by atomic mass is 32.2. The first-order valence-electron chi connectivity index (χ1n) is 7.61. The van der Waals surface area contributed by atoms with Crippen molar-refractivity contribution in [2.75, 3.05) is 17.3 Å². The molecule has 0 unspecified atom stereocenters. The van der Waals surface area contributed by atoms with E-state index in [1.165, 1.54) is 29.3 Å². The lowest BCUT2D eigenvalue weighted by Gasteiger charge is -2.23. The molecule has 0 bridgehead atoms. The van der Waals surface area contributed by atoms with Gasteiger partial charge in [0.25, 0.3) is 0 Å². The van der Waals surface area contributed by atoms with Gasteiger partial charge in [-0.3, -0.25) is 4.79 Å². The van der Waals surface area contributed by atoms with Gasteiger partial charge in [-0.15, -0.1) is 11.8 Å². The molecule has 4 nitrogen and oxygen atoms in total. The van der Waals surface area contributed by atoms with Crippen LogP contribution in [0.3, 0.4) is 0 Å². The van der Waals surface area contributed by atoms with Crippen LogP contribution >= 0.6 is 11.8 Å². The third kappa shape index (κ3) is 3.66. The maximum absolute atomic E-state index is 12.1. The summed E-state index contributed by atoms with van der Waals surface area (Å²) in [6.07, 6.45) is 4.01. The van der Waals surface area contributed by atoms with Gasteiger partial charge >= 0.3 is 0 Å². The number of hydrogen-bond acceptors (Lipinski definition) is 4. The van der Waals surface area contributed by atoms with Gasteiger partial charge in [0.15, 0.2) is 9.84 Å². The zero-order valence-corrected chi connectivity index (χ0v) is 14.4. The molecule has 0 spiro atoms. The van der Waals surface area contributed by atoms with Crippen LogP contribution in [0.4, 0.5) is 0 Å². The van der Waals surface area contributed by atoms with Crippen LogP contribution in [0.15, 0.2) is 23.1 Å². The number of carbonyl (C=O) groups excluding carboxylic acids is 1. The average Bonchev–Trinajstić information content (AvgIpc) is 3.00. The van der Waals surface area contributed by atoms with E-state index in [0.717, 1.165) is 17.7 Å². The van der Waals surface area contributed by atoms with Crippen LogP contribution in [0, 0.1) is 0 Å². The molecule has 1 heterocycles. The lowest BCUT2D eigenvalue weighted by Crippen LogP contribution is -2.47. The molecule has 0 saturated carbocycles. The third-order valence-electron chi connectivity index (χ3n) is 4.38. The van der Waals surface area contributed by atoms with Gasteiger partial charge in [-0.2, -0.15) is 0 Å². The van der Waals surface area contributed by atoms with Crippen molar-refractivity contribution in [3.63, 3.8) is 0 Å². The summed E-state index contributed by atoms with van der Waals surface area (Å²) in [4.78, 5) is 13.2. The number of nitrogens with one attached hydrogen (secondary N) is 1. The van der Waals surface area contributed by atoms with Gasteiger partial charge in [-0.1, -0.05) is 6.07 Å². The molecule has 1 amide bonds. The molecule has 0 aromatic heterocycles. The Hall–Kier alpha value is -1.01. The molecule has 3 rings (SSSR count). The second-order valence-corrected chi connectivity index (χ2v) is 9.76. The first-order chi connectivity index (χ1) is 10.4. The minimum atomic E-state index is -3.00. The summed E-state index contributed by atoms with van der Waals surface area (Å²) < 4.78 is 23.1. The van der Waals surface area contributed by atoms with Crippen LogP contribution in [0.25, 0.3) is 0 Å². The number of thioether (sulfide) groups is 1. The lowest BCUT2D eigenvalue weighted by molar-refractivity contribution is -0.120. The van der Waals surface area contributed by atoms with E-state index in [1.807, 2.05) is 6.92 Å². The van der Waals surface area contributed by atoms with E-state index >= 15 is 0 Å².